The number of anilines is 1. The average molecular weight is 601 g/mol. The Labute approximate surface area is 242 Å². The van der Waals surface area contributed by atoms with E-state index in [1.165, 1.54) is 29.8 Å². The van der Waals surface area contributed by atoms with Gasteiger partial charge in [-0.25, -0.2) is 19.0 Å². The molecule has 222 valence electrons. The van der Waals surface area contributed by atoms with E-state index < -0.39 is 46.5 Å². The van der Waals surface area contributed by atoms with Crippen LogP contribution in [0.25, 0.3) is 10.9 Å². The van der Waals surface area contributed by atoms with Crippen molar-refractivity contribution in [2.24, 2.45) is 16.6 Å². The number of aliphatic imine (C=N–C) groups is 1. The molecule has 3 atom stereocenters. The summed E-state index contributed by atoms with van der Waals surface area (Å²) in [6, 6.07) is 2.78. The Morgan fingerprint density at radius 3 is 2.43 bits per heavy atom. The summed E-state index contributed by atoms with van der Waals surface area (Å²) in [6.07, 6.45) is 2.14. The number of rotatable bonds is 7. The van der Waals surface area contributed by atoms with Crippen molar-refractivity contribution in [1.29, 1.82) is 0 Å². The third-order valence-corrected chi connectivity index (χ3v) is 9.53. The molecule has 2 aromatic rings. The maximum atomic E-state index is 15.3. The predicted molar refractivity (Wildman–Crippen MR) is 152 cm³/mol. The van der Waals surface area contributed by atoms with Crippen LogP contribution >= 0.6 is 11.8 Å². The van der Waals surface area contributed by atoms with E-state index in [0.29, 0.717) is 42.3 Å². The highest BCUT2D eigenvalue weighted by molar-refractivity contribution is 8.04. The van der Waals surface area contributed by atoms with E-state index in [9.17, 15) is 34.5 Å². The minimum Gasteiger partial charge on any atom is -0.477 e. The van der Waals surface area contributed by atoms with Gasteiger partial charge in [0, 0.05) is 48.7 Å². The van der Waals surface area contributed by atoms with Crippen LogP contribution < -0.4 is 16.1 Å². The number of carbonyl (C=O) groups excluding carboxylic acids is 1. The van der Waals surface area contributed by atoms with Crippen molar-refractivity contribution in [3.63, 3.8) is 0 Å². The molecule has 2 saturated heterocycles. The topological polar surface area (TPSA) is 182 Å². The molecule has 0 spiro atoms. The Morgan fingerprint density at radius 2 is 1.83 bits per heavy atom. The smallest absolute Gasteiger partial charge is 0.353 e. The first-order chi connectivity index (χ1) is 20.0. The second-order valence-corrected chi connectivity index (χ2v) is 12.1. The molecular formula is C27H29FN6O7S. The molecule has 5 N–H and O–H groups in total. The number of aliphatic carboxylic acids is 1. The van der Waals surface area contributed by atoms with Crippen LogP contribution in [-0.4, -0.2) is 97.7 Å². The van der Waals surface area contributed by atoms with Crippen LogP contribution in [0.3, 0.4) is 0 Å². The Hall–Kier alpha value is -4.11. The van der Waals surface area contributed by atoms with Gasteiger partial charge in [-0.3, -0.25) is 14.5 Å². The molecule has 3 unspecified atom stereocenters. The maximum Gasteiger partial charge on any atom is 0.353 e. The molecule has 1 amide bonds. The van der Waals surface area contributed by atoms with Gasteiger partial charge in [0.05, 0.1) is 29.8 Å². The Balaban J connectivity index is 1.17. The number of carbonyl (C=O) groups is 3. The fraction of sp³-hybridized carbons (Fsp3) is 0.444. The van der Waals surface area contributed by atoms with Crippen LogP contribution in [0.1, 0.15) is 36.2 Å². The van der Waals surface area contributed by atoms with Gasteiger partial charge in [0.1, 0.15) is 22.5 Å². The molecule has 1 saturated carbocycles. The van der Waals surface area contributed by atoms with Crippen molar-refractivity contribution in [2.45, 2.75) is 37.3 Å². The summed E-state index contributed by atoms with van der Waals surface area (Å²) in [5.41, 5.74) is 5.79. The summed E-state index contributed by atoms with van der Waals surface area (Å²) < 4.78 is 17.0. The van der Waals surface area contributed by atoms with Gasteiger partial charge in [0.25, 0.3) is 0 Å². The zero-order valence-corrected chi connectivity index (χ0v) is 23.4. The number of carboxylic acids is 2. The molecule has 13 nitrogen and oxygen atoms in total. The van der Waals surface area contributed by atoms with E-state index in [1.807, 2.05) is 4.90 Å². The quantitative estimate of drug-likeness (QED) is 0.201. The van der Waals surface area contributed by atoms with E-state index in [1.54, 1.807) is 15.5 Å². The first kappa shape index (κ1) is 28.0. The van der Waals surface area contributed by atoms with Gasteiger partial charge in [-0.1, -0.05) is 11.8 Å². The maximum absolute atomic E-state index is 15.3. The first-order valence-electron chi connectivity index (χ1n) is 13.5. The standard InChI is InChI=1S/C27H29FN6O7S/c1-12(35)20-23(37)34-21(26(40)41)19(42-24(20)34)10-30-27(29)32-6-4-31(5-7-32)18-9-17-14(8-16(18)28)22(36)15(25(38)39)11-33(17)13-2-3-13/h8-9,11-13,20,24,35H,2-7,10H2,1H3,(H2,29,30)(H,38,39)(H,40,41). The van der Waals surface area contributed by atoms with E-state index in [2.05, 4.69) is 4.99 Å². The van der Waals surface area contributed by atoms with Crippen LogP contribution in [0.5, 0.6) is 0 Å². The van der Waals surface area contributed by atoms with Gasteiger partial charge in [0.2, 0.25) is 11.3 Å². The summed E-state index contributed by atoms with van der Waals surface area (Å²) in [7, 11) is 0. The number of guanidine groups is 1. The molecular weight excluding hydrogens is 571 g/mol. The van der Waals surface area contributed by atoms with E-state index in [-0.39, 0.29) is 35.2 Å². The second-order valence-electron chi connectivity index (χ2n) is 10.8. The number of benzene rings is 1. The molecule has 4 heterocycles. The number of aromatic nitrogens is 1. The van der Waals surface area contributed by atoms with Gasteiger partial charge in [-0.15, -0.1) is 0 Å². The van der Waals surface area contributed by atoms with Crippen LogP contribution in [0.4, 0.5) is 10.1 Å². The molecule has 1 aliphatic carbocycles. The number of hydrogen-bond acceptors (Lipinski definition) is 8. The number of β-lactam (4-membered cyclic amide) rings is 1. The van der Waals surface area contributed by atoms with Gasteiger partial charge in [-0.05, 0) is 31.9 Å². The SMILES string of the molecule is CC(O)C1C(=O)N2C(C(=O)O)=C(CN=C(N)N3CCN(c4cc5c(cc4F)c(=O)c(C(=O)O)cn5C4CC4)CC3)SC12. The van der Waals surface area contributed by atoms with E-state index in [4.69, 9.17) is 5.73 Å². The first-order valence-corrected chi connectivity index (χ1v) is 14.4. The Bertz CT molecular complexity index is 1640. The fourth-order valence-electron chi connectivity index (χ4n) is 5.80. The summed E-state index contributed by atoms with van der Waals surface area (Å²) in [5, 5.41) is 28.6. The van der Waals surface area contributed by atoms with Crippen LogP contribution in [0.2, 0.25) is 0 Å². The van der Waals surface area contributed by atoms with Crippen molar-refractivity contribution in [2.75, 3.05) is 37.6 Å². The number of pyridine rings is 1. The lowest BCUT2D eigenvalue weighted by molar-refractivity contribution is -0.156. The molecule has 0 radical (unpaired) electrons. The highest BCUT2D eigenvalue weighted by Crippen LogP contribution is 2.50. The fourth-order valence-corrected chi connectivity index (χ4v) is 7.34. The van der Waals surface area contributed by atoms with Crippen LogP contribution in [-0.2, 0) is 9.59 Å². The van der Waals surface area contributed by atoms with Crippen molar-refractivity contribution < 1.29 is 34.1 Å². The molecule has 15 heteroatoms. The van der Waals surface area contributed by atoms with E-state index >= 15 is 4.39 Å². The summed E-state index contributed by atoms with van der Waals surface area (Å²) in [4.78, 5) is 58.2. The van der Waals surface area contributed by atoms with Crippen LogP contribution in [0, 0.1) is 11.7 Å². The number of nitrogens with zero attached hydrogens (tertiary/aromatic N) is 5. The zero-order valence-electron chi connectivity index (χ0n) is 22.6. The van der Waals surface area contributed by atoms with Gasteiger partial charge in [-0.2, -0.15) is 0 Å². The Morgan fingerprint density at radius 1 is 1.14 bits per heavy atom. The summed E-state index contributed by atoms with van der Waals surface area (Å²) in [5.74, 6) is -4.14. The lowest BCUT2D eigenvalue weighted by atomic mass is 9.92. The molecule has 3 aliphatic heterocycles. The van der Waals surface area contributed by atoms with E-state index in [0.717, 1.165) is 18.9 Å². The average Bonchev–Trinajstić information content (AvgIpc) is 3.73. The number of aromatic carboxylic acids is 1. The largest absolute Gasteiger partial charge is 0.477 e. The molecule has 3 fully saturated rings. The Kier molecular flexibility index (Phi) is 6.88. The number of fused-ring (bicyclic) bond motifs is 2. The molecule has 1 aromatic carbocycles. The van der Waals surface area contributed by atoms with Gasteiger partial charge < -0.3 is 35.4 Å². The van der Waals surface area contributed by atoms with Crippen molar-refractivity contribution in [3.05, 3.63) is 50.5 Å². The highest BCUT2D eigenvalue weighted by Gasteiger charge is 2.57. The lowest BCUT2D eigenvalue weighted by Gasteiger charge is -2.43. The van der Waals surface area contributed by atoms with Crippen molar-refractivity contribution in [1.82, 2.24) is 14.4 Å². The summed E-state index contributed by atoms with van der Waals surface area (Å²) >= 11 is 1.19. The number of piperazine rings is 1. The molecule has 42 heavy (non-hydrogen) atoms. The normalized spacial score (nSPS) is 23.4. The number of halogens is 1. The number of aliphatic hydroxyl groups is 1. The highest BCUT2D eigenvalue weighted by atomic mass is 32.2. The van der Waals surface area contributed by atoms with Crippen molar-refractivity contribution in [3.8, 4) is 0 Å². The molecule has 1 aromatic heterocycles. The van der Waals surface area contributed by atoms with Crippen LogP contribution in [0.15, 0.2) is 38.7 Å². The molecule has 0 bridgehead atoms. The zero-order chi connectivity index (χ0) is 30.0. The second kappa shape index (κ2) is 10.3. The molecule has 6 rings (SSSR count). The number of hydrogen-bond donors (Lipinski definition) is 4. The predicted octanol–water partition coefficient (Wildman–Crippen LogP) is 0.819. The number of carboxylic acid groups (broad SMARTS) is 2. The minimum absolute atomic E-state index is 0.0316. The minimum atomic E-state index is -1.35. The van der Waals surface area contributed by atoms with Gasteiger partial charge >= 0.3 is 11.9 Å². The van der Waals surface area contributed by atoms with Crippen molar-refractivity contribution >= 4 is 52.2 Å². The number of aliphatic hydroxyl groups excluding tert-OH is 1. The lowest BCUT2D eigenvalue weighted by Crippen LogP contribution is -2.60. The summed E-state index contributed by atoms with van der Waals surface area (Å²) in [6.45, 7) is 3.03. The third-order valence-electron chi connectivity index (χ3n) is 8.18. The number of amides is 1. The monoisotopic (exact) mass is 600 g/mol. The third kappa shape index (κ3) is 4.56. The number of thioether (sulfide) groups is 1. The number of nitrogens with two attached hydrogens (primary N) is 1. The molecule has 4 aliphatic rings. The van der Waals surface area contributed by atoms with Gasteiger partial charge in [0.15, 0.2) is 5.96 Å².